The van der Waals surface area contributed by atoms with Crippen LogP contribution in [0.3, 0.4) is 0 Å². The Morgan fingerprint density at radius 3 is 2.52 bits per heavy atom. The highest BCUT2D eigenvalue weighted by Crippen LogP contribution is 2.45. The van der Waals surface area contributed by atoms with E-state index in [0.717, 1.165) is 13.1 Å². The Morgan fingerprint density at radius 2 is 1.88 bits per heavy atom. The number of hydrogen-bond acceptors (Lipinski definition) is 8. The highest BCUT2D eigenvalue weighted by atomic mass is 16.5. The second kappa shape index (κ2) is 9.68. The number of carbonyl (C=O) groups is 2. The van der Waals surface area contributed by atoms with Crippen LogP contribution in [0.2, 0.25) is 0 Å². The number of benzene rings is 1. The molecule has 9 nitrogen and oxygen atoms in total. The molecule has 2 aromatic rings. The molecule has 2 aliphatic rings. The van der Waals surface area contributed by atoms with Gasteiger partial charge in [0.05, 0.1) is 39.0 Å². The van der Waals surface area contributed by atoms with Crippen molar-refractivity contribution in [1.29, 1.82) is 0 Å². The molecule has 0 bridgehead atoms. The maximum atomic E-state index is 13.4. The Bertz CT molecular complexity index is 1070. The number of ketones is 1. The largest absolute Gasteiger partial charge is 0.503 e. The van der Waals surface area contributed by atoms with E-state index < -0.39 is 23.5 Å². The summed E-state index contributed by atoms with van der Waals surface area (Å²) < 4.78 is 21.9. The summed E-state index contributed by atoms with van der Waals surface area (Å²) in [5.41, 5.74) is 0.505. The van der Waals surface area contributed by atoms with Crippen LogP contribution in [0, 0.1) is 6.92 Å². The van der Waals surface area contributed by atoms with Crippen LogP contribution in [-0.2, 0) is 9.53 Å². The van der Waals surface area contributed by atoms with Gasteiger partial charge in [-0.2, -0.15) is 0 Å². The van der Waals surface area contributed by atoms with Crippen LogP contribution in [0.15, 0.2) is 46.1 Å². The fourth-order valence-corrected chi connectivity index (χ4v) is 4.33. The van der Waals surface area contributed by atoms with E-state index in [2.05, 4.69) is 4.90 Å². The fraction of sp³-hybridized carbons (Fsp3) is 0.417. The van der Waals surface area contributed by atoms with Crippen molar-refractivity contribution < 1.29 is 33.3 Å². The third-order valence-corrected chi connectivity index (χ3v) is 6.00. The van der Waals surface area contributed by atoms with E-state index in [0.29, 0.717) is 49.1 Å². The van der Waals surface area contributed by atoms with E-state index in [1.165, 1.54) is 19.1 Å². The van der Waals surface area contributed by atoms with Crippen molar-refractivity contribution in [1.82, 2.24) is 9.80 Å². The summed E-state index contributed by atoms with van der Waals surface area (Å²) in [5.74, 6) is -0.257. The highest BCUT2D eigenvalue weighted by molar-refractivity contribution is 6.15. The number of aliphatic hydroxyl groups is 1. The Morgan fingerprint density at radius 1 is 1.12 bits per heavy atom. The average molecular weight is 456 g/mol. The molecule has 1 saturated heterocycles. The molecular formula is C24H28N2O7. The molecule has 176 valence electrons. The molecule has 0 spiro atoms. The number of morpholine rings is 1. The predicted molar refractivity (Wildman–Crippen MR) is 119 cm³/mol. The van der Waals surface area contributed by atoms with Gasteiger partial charge in [0, 0.05) is 31.7 Å². The topological polar surface area (TPSA) is 102 Å². The van der Waals surface area contributed by atoms with Gasteiger partial charge >= 0.3 is 0 Å². The number of Topliss-reactive ketones (excluding diaryl/α,β-unsaturated/α-hetero) is 1. The van der Waals surface area contributed by atoms with Gasteiger partial charge < -0.3 is 28.6 Å². The summed E-state index contributed by atoms with van der Waals surface area (Å²) in [6, 6.07) is 7.60. The SMILES string of the molecule is COc1cccc([C@@H]2C(C(=O)c3ccc(C)o3)=C(O)C(=O)N2CCN2CCOCC2)c1OC. The molecule has 9 heteroatoms. The summed E-state index contributed by atoms with van der Waals surface area (Å²) in [4.78, 5) is 30.3. The number of aliphatic hydroxyl groups excluding tert-OH is 1. The number of ether oxygens (including phenoxy) is 3. The lowest BCUT2D eigenvalue weighted by Gasteiger charge is -2.32. The first kappa shape index (κ1) is 22.9. The highest BCUT2D eigenvalue weighted by Gasteiger charge is 2.45. The molecule has 2 aliphatic heterocycles. The molecule has 1 aromatic carbocycles. The Kier molecular flexibility index (Phi) is 6.71. The van der Waals surface area contributed by atoms with Gasteiger partial charge in [-0.15, -0.1) is 0 Å². The van der Waals surface area contributed by atoms with Crippen LogP contribution in [0.5, 0.6) is 11.5 Å². The van der Waals surface area contributed by atoms with E-state index in [1.807, 2.05) is 0 Å². The minimum atomic E-state index is -0.860. The van der Waals surface area contributed by atoms with Crippen LogP contribution >= 0.6 is 0 Å². The van der Waals surface area contributed by atoms with Gasteiger partial charge in [-0.05, 0) is 25.1 Å². The minimum Gasteiger partial charge on any atom is -0.503 e. The van der Waals surface area contributed by atoms with E-state index in [-0.39, 0.29) is 11.3 Å². The summed E-state index contributed by atoms with van der Waals surface area (Å²) in [5, 5.41) is 10.8. The minimum absolute atomic E-state index is 0.0390. The van der Waals surface area contributed by atoms with Crippen LogP contribution in [0.4, 0.5) is 0 Å². The molecule has 1 atom stereocenters. The third-order valence-electron chi connectivity index (χ3n) is 6.00. The Hall–Kier alpha value is -3.30. The maximum absolute atomic E-state index is 13.4. The molecule has 0 aliphatic carbocycles. The van der Waals surface area contributed by atoms with Crippen molar-refractivity contribution in [3.8, 4) is 11.5 Å². The van der Waals surface area contributed by atoms with Crippen molar-refractivity contribution in [3.63, 3.8) is 0 Å². The molecule has 1 N–H and O–H groups in total. The molecule has 0 radical (unpaired) electrons. The van der Waals surface area contributed by atoms with Crippen molar-refractivity contribution in [2.24, 2.45) is 0 Å². The van der Waals surface area contributed by atoms with Crippen molar-refractivity contribution >= 4 is 11.7 Å². The third kappa shape index (κ3) is 4.34. The number of nitrogens with zero attached hydrogens (tertiary/aromatic N) is 2. The number of rotatable bonds is 8. The molecule has 33 heavy (non-hydrogen) atoms. The van der Waals surface area contributed by atoms with Gasteiger partial charge in [0.1, 0.15) is 5.76 Å². The van der Waals surface area contributed by atoms with E-state index in [4.69, 9.17) is 18.6 Å². The average Bonchev–Trinajstić information content (AvgIpc) is 3.38. The van der Waals surface area contributed by atoms with E-state index >= 15 is 0 Å². The number of carbonyl (C=O) groups excluding carboxylic acids is 2. The first-order valence-corrected chi connectivity index (χ1v) is 10.8. The monoisotopic (exact) mass is 456 g/mol. The van der Waals surface area contributed by atoms with E-state index in [1.54, 1.807) is 37.3 Å². The predicted octanol–water partition coefficient (Wildman–Crippen LogP) is 2.52. The van der Waals surface area contributed by atoms with Crippen molar-refractivity contribution in [2.45, 2.75) is 13.0 Å². The number of para-hydroxylation sites is 1. The van der Waals surface area contributed by atoms with E-state index in [9.17, 15) is 14.7 Å². The van der Waals surface area contributed by atoms with Gasteiger partial charge in [-0.3, -0.25) is 14.5 Å². The van der Waals surface area contributed by atoms with Crippen molar-refractivity contribution in [2.75, 3.05) is 53.6 Å². The number of amides is 1. The fourth-order valence-electron chi connectivity index (χ4n) is 4.33. The second-order valence-electron chi connectivity index (χ2n) is 7.94. The van der Waals surface area contributed by atoms with Crippen molar-refractivity contribution in [3.05, 3.63) is 58.7 Å². The molecule has 1 fully saturated rings. The summed E-state index contributed by atoms with van der Waals surface area (Å²) in [7, 11) is 3.01. The molecule has 0 unspecified atom stereocenters. The van der Waals surface area contributed by atoms with Gasteiger partial charge in [-0.1, -0.05) is 12.1 Å². The van der Waals surface area contributed by atoms with Crippen LogP contribution in [0.1, 0.15) is 27.9 Å². The molecule has 4 rings (SSSR count). The first-order valence-electron chi connectivity index (χ1n) is 10.8. The van der Waals surface area contributed by atoms with Crippen LogP contribution in [-0.4, -0.2) is 80.2 Å². The molecule has 0 saturated carbocycles. The Labute approximate surface area is 192 Å². The summed E-state index contributed by atoms with van der Waals surface area (Å²) in [6.45, 7) is 5.38. The standard InChI is InChI=1S/C24H28N2O7/c1-15-7-8-17(33-15)21(27)19-20(16-5-4-6-18(30-2)23(16)31-3)26(24(29)22(19)28)10-9-25-11-13-32-14-12-25/h4-8,20,28H,9-14H2,1-3H3/t20-/m1/s1. The summed E-state index contributed by atoms with van der Waals surface area (Å²) >= 11 is 0. The zero-order valence-corrected chi connectivity index (χ0v) is 19.0. The quantitative estimate of drug-likeness (QED) is 0.605. The number of aryl methyl sites for hydroxylation is 1. The summed E-state index contributed by atoms with van der Waals surface area (Å²) in [6.07, 6.45) is 0. The van der Waals surface area contributed by atoms with Crippen LogP contribution < -0.4 is 9.47 Å². The van der Waals surface area contributed by atoms with Crippen LogP contribution in [0.25, 0.3) is 0 Å². The lowest BCUT2D eigenvalue weighted by molar-refractivity contribution is -0.129. The smallest absolute Gasteiger partial charge is 0.290 e. The molecule has 3 heterocycles. The second-order valence-corrected chi connectivity index (χ2v) is 7.94. The lowest BCUT2D eigenvalue weighted by Crippen LogP contribution is -2.43. The van der Waals surface area contributed by atoms with Gasteiger partial charge in [0.25, 0.3) is 5.91 Å². The lowest BCUT2D eigenvalue weighted by atomic mass is 9.94. The van der Waals surface area contributed by atoms with Gasteiger partial charge in [0.2, 0.25) is 5.78 Å². The van der Waals surface area contributed by atoms with Gasteiger partial charge in [-0.25, -0.2) is 0 Å². The maximum Gasteiger partial charge on any atom is 0.290 e. The van der Waals surface area contributed by atoms with Gasteiger partial charge in [0.15, 0.2) is 23.0 Å². The first-order chi connectivity index (χ1) is 16.0. The number of methoxy groups -OCH3 is 2. The number of furan rings is 1. The number of hydrogen-bond donors (Lipinski definition) is 1. The molecule has 1 aromatic heterocycles. The zero-order chi connectivity index (χ0) is 23.5. The normalized spacial score (nSPS) is 19.3. The molecule has 1 amide bonds. The molecular weight excluding hydrogens is 428 g/mol. The zero-order valence-electron chi connectivity index (χ0n) is 19.0. The Balaban J connectivity index is 1.76.